The molecule has 24 heavy (non-hydrogen) atoms. The fraction of sp³-hybridized carbons (Fsp3) is 0.200. The first-order chi connectivity index (χ1) is 11.8. The van der Waals surface area contributed by atoms with Gasteiger partial charge in [0.1, 0.15) is 11.6 Å². The molecule has 1 N–H and O–H groups in total. The molecule has 4 nitrogen and oxygen atoms in total. The van der Waals surface area contributed by atoms with Crippen LogP contribution in [-0.4, -0.2) is 20.1 Å². The summed E-state index contributed by atoms with van der Waals surface area (Å²) in [5, 5.41) is 22.1. The molecule has 0 radical (unpaired) electrons. The van der Waals surface area contributed by atoms with Crippen LogP contribution < -0.4 is 0 Å². The summed E-state index contributed by atoms with van der Waals surface area (Å²) in [5.74, 6) is 0. The second kappa shape index (κ2) is 4.89. The lowest BCUT2D eigenvalue weighted by Gasteiger charge is -2.24. The van der Waals surface area contributed by atoms with E-state index in [2.05, 4.69) is 28.5 Å². The van der Waals surface area contributed by atoms with Crippen molar-refractivity contribution in [1.29, 1.82) is 0 Å². The highest BCUT2D eigenvalue weighted by molar-refractivity contribution is 5.86. The molecule has 4 heteroatoms. The van der Waals surface area contributed by atoms with Gasteiger partial charge in [0.15, 0.2) is 0 Å². The van der Waals surface area contributed by atoms with Gasteiger partial charge in [-0.3, -0.25) is 0 Å². The van der Waals surface area contributed by atoms with Gasteiger partial charge < -0.3 is 5.11 Å². The van der Waals surface area contributed by atoms with Crippen LogP contribution in [0, 0.1) is 0 Å². The van der Waals surface area contributed by atoms with E-state index >= 15 is 0 Å². The first-order valence-electron chi connectivity index (χ1n) is 8.26. The SMILES string of the molecule is OC(c1cccc2ccccc12)C1(n2nnc3ccccc32)CC1. The Bertz CT molecular complexity index is 1040. The van der Waals surface area contributed by atoms with Crippen molar-refractivity contribution in [3.8, 4) is 0 Å². The maximum absolute atomic E-state index is 11.3. The van der Waals surface area contributed by atoms with Gasteiger partial charge in [-0.05, 0) is 41.3 Å². The monoisotopic (exact) mass is 315 g/mol. The number of para-hydroxylation sites is 1. The number of fused-ring (bicyclic) bond motifs is 2. The summed E-state index contributed by atoms with van der Waals surface area (Å²) in [6.45, 7) is 0. The molecule has 1 aliphatic rings. The Labute approximate surface area is 139 Å². The summed E-state index contributed by atoms with van der Waals surface area (Å²) in [6.07, 6.45) is 1.21. The number of rotatable bonds is 3. The minimum absolute atomic E-state index is 0.389. The van der Waals surface area contributed by atoms with E-state index < -0.39 is 6.10 Å². The van der Waals surface area contributed by atoms with Crippen LogP contribution in [0.1, 0.15) is 24.5 Å². The molecule has 1 saturated carbocycles. The predicted molar refractivity (Wildman–Crippen MR) is 93.6 cm³/mol. The Balaban J connectivity index is 1.67. The van der Waals surface area contributed by atoms with E-state index in [9.17, 15) is 5.11 Å². The molecule has 0 spiro atoms. The molecule has 118 valence electrons. The Morgan fingerprint density at radius 1 is 0.917 bits per heavy atom. The van der Waals surface area contributed by atoms with Gasteiger partial charge in [-0.15, -0.1) is 5.10 Å². The molecule has 1 aliphatic carbocycles. The van der Waals surface area contributed by atoms with Crippen LogP contribution in [0.2, 0.25) is 0 Å². The zero-order chi connectivity index (χ0) is 16.1. The van der Waals surface area contributed by atoms with Gasteiger partial charge in [0.25, 0.3) is 0 Å². The molecular weight excluding hydrogens is 298 g/mol. The van der Waals surface area contributed by atoms with E-state index in [4.69, 9.17) is 0 Å². The second-order valence-electron chi connectivity index (χ2n) is 6.56. The molecule has 1 atom stereocenters. The number of hydrogen-bond donors (Lipinski definition) is 1. The van der Waals surface area contributed by atoms with Gasteiger partial charge in [-0.25, -0.2) is 4.68 Å². The Kier molecular flexibility index (Phi) is 2.79. The van der Waals surface area contributed by atoms with Crippen molar-refractivity contribution < 1.29 is 5.11 Å². The summed E-state index contributed by atoms with van der Waals surface area (Å²) < 4.78 is 1.93. The topological polar surface area (TPSA) is 50.9 Å². The summed E-state index contributed by atoms with van der Waals surface area (Å²) >= 11 is 0. The van der Waals surface area contributed by atoms with Crippen molar-refractivity contribution in [2.24, 2.45) is 0 Å². The quantitative estimate of drug-likeness (QED) is 0.625. The van der Waals surface area contributed by atoms with Crippen LogP contribution in [0.15, 0.2) is 66.7 Å². The third-order valence-corrected chi connectivity index (χ3v) is 5.16. The van der Waals surface area contributed by atoms with Gasteiger partial charge in [0.05, 0.1) is 11.1 Å². The summed E-state index contributed by atoms with van der Waals surface area (Å²) in [4.78, 5) is 0. The Morgan fingerprint density at radius 2 is 1.67 bits per heavy atom. The molecular formula is C20H17N3O. The average Bonchev–Trinajstić information content (AvgIpc) is 3.33. The van der Waals surface area contributed by atoms with E-state index in [1.54, 1.807) is 0 Å². The third kappa shape index (κ3) is 1.83. The number of aromatic nitrogens is 3. The first kappa shape index (κ1) is 13.7. The van der Waals surface area contributed by atoms with Crippen molar-refractivity contribution in [3.05, 3.63) is 72.3 Å². The largest absolute Gasteiger partial charge is 0.386 e. The maximum atomic E-state index is 11.3. The zero-order valence-electron chi connectivity index (χ0n) is 13.1. The van der Waals surface area contributed by atoms with E-state index in [1.807, 2.05) is 53.2 Å². The summed E-state index contributed by atoms with van der Waals surface area (Å²) in [7, 11) is 0. The molecule has 1 heterocycles. The van der Waals surface area contributed by atoms with Crippen molar-refractivity contribution >= 4 is 21.8 Å². The number of nitrogens with zero attached hydrogens (tertiary/aromatic N) is 3. The van der Waals surface area contributed by atoms with Crippen molar-refractivity contribution in [2.45, 2.75) is 24.5 Å². The molecule has 5 rings (SSSR count). The summed E-state index contributed by atoms with van der Waals surface area (Å²) in [5.41, 5.74) is 2.42. The molecule has 1 unspecified atom stereocenters. The van der Waals surface area contributed by atoms with Crippen molar-refractivity contribution in [1.82, 2.24) is 15.0 Å². The molecule has 0 saturated heterocycles. The number of aliphatic hydroxyl groups is 1. The molecule has 0 aliphatic heterocycles. The highest BCUT2D eigenvalue weighted by atomic mass is 16.3. The highest BCUT2D eigenvalue weighted by Crippen LogP contribution is 2.54. The second-order valence-corrected chi connectivity index (χ2v) is 6.56. The molecule has 1 aromatic heterocycles. The van der Waals surface area contributed by atoms with Gasteiger partial charge in [0, 0.05) is 0 Å². The fourth-order valence-electron chi connectivity index (χ4n) is 3.71. The fourth-order valence-corrected chi connectivity index (χ4v) is 3.71. The average molecular weight is 315 g/mol. The van der Waals surface area contributed by atoms with Crippen LogP contribution in [-0.2, 0) is 5.54 Å². The minimum Gasteiger partial charge on any atom is -0.386 e. The molecule has 4 aromatic rings. The Hall–Kier alpha value is -2.72. The Morgan fingerprint density at radius 3 is 2.54 bits per heavy atom. The molecule has 1 fully saturated rings. The number of benzene rings is 3. The van der Waals surface area contributed by atoms with Gasteiger partial charge in [-0.2, -0.15) is 0 Å². The van der Waals surface area contributed by atoms with E-state index in [0.717, 1.165) is 40.2 Å². The smallest absolute Gasteiger partial charge is 0.113 e. The number of hydrogen-bond acceptors (Lipinski definition) is 3. The molecule has 3 aromatic carbocycles. The lowest BCUT2D eigenvalue weighted by atomic mass is 9.94. The highest BCUT2D eigenvalue weighted by Gasteiger charge is 2.53. The minimum atomic E-state index is -0.603. The zero-order valence-corrected chi connectivity index (χ0v) is 13.1. The summed E-state index contributed by atoms with van der Waals surface area (Å²) in [6, 6.07) is 22.2. The normalized spacial score (nSPS) is 17.2. The lowest BCUT2D eigenvalue weighted by molar-refractivity contribution is 0.0929. The van der Waals surface area contributed by atoms with Crippen molar-refractivity contribution in [2.75, 3.05) is 0 Å². The van der Waals surface area contributed by atoms with Crippen LogP contribution in [0.5, 0.6) is 0 Å². The maximum Gasteiger partial charge on any atom is 0.113 e. The standard InChI is InChI=1S/C20H17N3O/c24-19(16-9-5-7-14-6-1-2-8-15(14)16)20(12-13-20)23-18-11-4-3-10-17(18)21-22-23/h1-11,19,24H,12-13H2. The van der Waals surface area contributed by atoms with Crippen LogP contribution in [0.25, 0.3) is 21.8 Å². The third-order valence-electron chi connectivity index (χ3n) is 5.16. The van der Waals surface area contributed by atoms with E-state index in [1.165, 1.54) is 0 Å². The van der Waals surface area contributed by atoms with E-state index in [-0.39, 0.29) is 5.54 Å². The van der Waals surface area contributed by atoms with Gasteiger partial charge in [-0.1, -0.05) is 59.8 Å². The van der Waals surface area contributed by atoms with Gasteiger partial charge in [0.2, 0.25) is 0 Å². The predicted octanol–water partition coefficient (Wildman–Crippen LogP) is 3.81. The van der Waals surface area contributed by atoms with Crippen LogP contribution in [0.3, 0.4) is 0 Å². The molecule has 0 amide bonds. The molecule has 0 bridgehead atoms. The van der Waals surface area contributed by atoms with Crippen LogP contribution in [0.4, 0.5) is 0 Å². The first-order valence-corrected chi connectivity index (χ1v) is 8.26. The van der Waals surface area contributed by atoms with Crippen LogP contribution >= 0.6 is 0 Å². The van der Waals surface area contributed by atoms with E-state index in [0.29, 0.717) is 0 Å². The number of aliphatic hydroxyl groups excluding tert-OH is 1. The van der Waals surface area contributed by atoms with Gasteiger partial charge >= 0.3 is 0 Å². The lowest BCUT2D eigenvalue weighted by Crippen LogP contribution is -2.27. The van der Waals surface area contributed by atoms with Crippen molar-refractivity contribution in [3.63, 3.8) is 0 Å².